The predicted molar refractivity (Wildman–Crippen MR) is 128 cm³/mol. The molecule has 9 heteroatoms. The normalized spacial score (nSPS) is 15.6. The Hall–Kier alpha value is -3.72. The minimum absolute atomic E-state index is 0.152. The van der Waals surface area contributed by atoms with E-state index < -0.39 is 16.1 Å². The van der Waals surface area contributed by atoms with Crippen molar-refractivity contribution in [1.82, 2.24) is 4.41 Å². The monoisotopic (exact) mass is 482 g/mol. The van der Waals surface area contributed by atoms with E-state index in [2.05, 4.69) is 5.10 Å². The Balaban J connectivity index is 1.86. The van der Waals surface area contributed by atoms with Crippen molar-refractivity contribution in [2.45, 2.75) is 17.4 Å². The second-order valence-electron chi connectivity index (χ2n) is 7.53. The molecule has 34 heavy (non-hydrogen) atoms. The topological polar surface area (TPSA) is 86.7 Å². The van der Waals surface area contributed by atoms with Gasteiger partial charge in [-0.05, 0) is 48.5 Å². The predicted octanol–water partition coefficient (Wildman–Crippen LogP) is 4.26. The number of nitrogens with zero attached hydrogens (tertiary/aromatic N) is 2. The highest BCUT2D eigenvalue weighted by Crippen LogP contribution is 2.42. The molecule has 0 amide bonds. The summed E-state index contributed by atoms with van der Waals surface area (Å²) in [5.41, 5.74) is 1.98. The van der Waals surface area contributed by atoms with Crippen molar-refractivity contribution < 1.29 is 27.4 Å². The Kier molecular flexibility index (Phi) is 6.65. The van der Waals surface area contributed by atoms with E-state index in [4.69, 9.17) is 18.9 Å². The fraction of sp³-hybridized carbons (Fsp3) is 0.240. The zero-order chi connectivity index (χ0) is 24.3. The fourth-order valence-corrected chi connectivity index (χ4v) is 5.38. The Morgan fingerprint density at radius 3 is 2.12 bits per heavy atom. The highest BCUT2D eigenvalue weighted by atomic mass is 32.2. The number of sulfonamides is 1. The van der Waals surface area contributed by atoms with Gasteiger partial charge in [-0.25, -0.2) is 0 Å². The van der Waals surface area contributed by atoms with Crippen LogP contribution in [0.1, 0.15) is 23.6 Å². The molecule has 0 N–H and O–H groups in total. The van der Waals surface area contributed by atoms with Crippen LogP contribution in [0.3, 0.4) is 0 Å². The smallest absolute Gasteiger partial charge is 0.279 e. The molecule has 0 fully saturated rings. The van der Waals surface area contributed by atoms with E-state index in [0.717, 1.165) is 9.98 Å². The molecule has 1 aliphatic heterocycles. The number of hydrogen-bond donors (Lipinski definition) is 0. The third kappa shape index (κ3) is 4.26. The molecule has 1 heterocycles. The Labute approximate surface area is 199 Å². The van der Waals surface area contributed by atoms with Crippen LogP contribution in [0.4, 0.5) is 0 Å². The van der Waals surface area contributed by atoms with Crippen LogP contribution >= 0.6 is 0 Å². The van der Waals surface area contributed by atoms with Crippen LogP contribution in [-0.4, -0.2) is 47.0 Å². The number of ether oxygens (including phenoxy) is 4. The van der Waals surface area contributed by atoms with Crippen molar-refractivity contribution in [3.63, 3.8) is 0 Å². The molecular weight excluding hydrogens is 456 g/mol. The second kappa shape index (κ2) is 9.64. The zero-order valence-electron chi connectivity index (χ0n) is 19.4. The van der Waals surface area contributed by atoms with Gasteiger partial charge in [0.05, 0.1) is 45.1 Å². The maximum atomic E-state index is 13.7. The average molecular weight is 483 g/mol. The average Bonchev–Trinajstić information content (AvgIpc) is 3.34. The van der Waals surface area contributed by atoms with Gasteiger partial charge in [-0.15, -0.1) is 0 Å². The van der Waals surface area contributed by atoms with Crippen molar-refractivity contribution >= 4 is 15.7 Å². The molecule has 1 aliphatic rings. The SMILES string of the molecule is COc1ccc(OC)c([C@@H]2CC(c3ccc(OC)c(OC)c3)=NN2S(=O)(=O)c2ccccc2)c1. The quantitative estimate of drug-likeness (QED) is 0.477. The highest BCUT2D eigenvalue weighted by Gasteiger charge is 2.39. The molecule has 3 aromatic rings. The molecule has 8 nitrogen and oxygen atoms in total. The van der Waals surface area contributed by atoms with E-state index in [0.29, 0.717) is 40.7 Å². The van der Waals surface area contributed by atoms with E-state index in [-0.39, 0.29) is 4.90 Å². The summed E-state index contributed by atoms with van der Waals surface area (Å²) in [4.78, 5) is 0.152. The lowest BCUT2D eigenvalue weighted by molar-refractivity contribution is 0.346. The van der Waals surface area contributed by atoms with Crippen LogP contribution in [0.2, 0.25) is 0 Å². The van der Waals surface area contributed by atoms with Crippen LogP contribution in [-0.2, 0) is 10.0 Å². The van der Waals surface area contributed by atoms with E-state index in [1.165, 1.54) is 0 Å². The van der Waals surface area contributed by atoms with Gasteiger partial charge in [0.1, 0.15) is 11.5 Å². The summed E-state index contributed by atoms with van der Waals surface area (Å²) in [5.74, 6) is 2.24. The maximum absolute atomic E-state index is 13.7. The van der Waals surface area contributed by atoms with E-state index in [9.17, 15) is 8.42 Å². The molecule has 0 saturated carbocycles. The molecule has 0 aliphatic carbocycles. The second-order valence-corrected chi connectivity index (χ2v) is 9.33. The summed E-state index contributed by atoms with van der Waals surface area (Å²) in [5, 5.41) is 4.60. The van der Waals surface area contributed by atoms with Crippen molar-refractivity contribution in [1.29, 1.82) is 0 Å². The number of benzene rings is 3. The van der Waals surface area contributed by atoms with Crippen LogP contribution in [0.15, 0.2) is 76.7 Å². The molecule has 1 atom stereocenters. The van der Waals surface area contributed by atoms with Crippen LogP contribution in [0.25, 0.3) is 0 Å². The van der Waals surface area contributed by atoms with Gasteiger partial charge in [0.15, 0.2) is 11.5 Å². The molecule has 0 radical (unpaired) electrons. The van der Waals surface area contributed by atoms with Gasteiger partial charge < -0.3 is 18.9 Å². The summed E-state index contributed by atoms with van der Waals surface area (Å²) in [7, 11) is 2.26. The first kappa shape index (κ1) is 23.4. The molecular formula is C25H26N2O6S. The van der Waals surface area contributed by atoms with Crippen LogP contribution in [0, 0.1) is 0 Å². The van der Waals surface area contributed by atoms with Crippen LogP contribution in [0.5, 0.6) is 23.0 Å². The lowest BCUT2D eigenvalue weighted by atomic mass is 9.98. The largest absolute Gasteiger partial charge is 0.497 e. The van der Waals surface area contributed by atoms with Gasteiger partial charge in [-0.2, -0.15) is 17.9 Å². The summed E-state index contributed by atoms with van der Waals surface area (Å²) in [6, 6.07) is 18.3. The first-order valence-electron chi connectivity index (χ1n) is 10.5. The minimum atomic E-state index is -3.96. The third-order valence-electron chi connectivity index (χ3n) is 5.67. The Morgan fingerprint density at radius 1 is 0.794 bits per heavy atom. The number of methoxy groups -OCH3 is 4. The summed E-state index contributed by atoms with van der Waals surface area (Å²) in [6.45, 7) is 0. The number of hydrazone groups is 1. The Morgan fingerprint density at radius 2 is 1.47 bits per heavy atom. The zero-order valence-corrected chi connectivity index (χ0v) is 20.2. The third-order valence-corrected chi connectivity index (χ3v) is 7.37. The van der Waals surface area contributed by atoms with Gasteiger partial charge >= 0.3 is 0 Å². The van der Waals surface area contributed by atoms with Crippen molar-refractivity contribution in [2.24, 2.45) is 5.10 Å². The number of hydrogen-bond acceptors (Lipinski definition) is 7. The Bertz CT molecular complexity index is 1310. The lowest BCUT2D eigenvalue weighted by Gasteiger charge is -2.25. The van der Waals surface area contributed by atoms with Crippen LogP contribution < -0.4 is 18.9 Å². The minimum Gasteiger partial charge on any atom is -0.497 e. The van der Waals surface area contributed by atoms with Gasteiger partial charge in [-0.1, -0.05) is 18.2 Å². The molecule has 0 unspecified atom stereocenters. The highest BCUT2D eigenvalue weighted by molar-refractivity contribution is 7.89. The fourth-order valence-electron chi connectivity index (χ4n) is 3.93. The maximum Gasteiger partial charge on any atom is 0.279 e. The van der Waals surface area contributed by atoms with Gasteiger partial charge in [0.25, 0.3) is 10.0 Å². The van der Waals surface area contributed by atoms with Crippen molar-refractivity contribution in [2.75, 3.05) is 28.4 Å². The number of rotatable bonds is 8. The van der Waals surface area contributed by atoms with Gasteiger partial charge in [0.2, 0.25) is 0 Å². The lowest BCUT2D eigenvalue weighted by Crippen LogP contribution is -2.27. The summed E-state index contributed by atoms with van der Waals surface area (Å²) in [6.07, 6.45) is 0.324. The molecule has 0 bridgehead atoms. The molecule has 0 aromatic heterocycles. The van der Waals surface area contributed by atoms with E-state index in [1.54, 1.807) is 89.1 Å². The molecule has 178 valence electrons. The van der Waals surface area contributed by atoms with Crippen molar-refractivity contribution in [3.05, 3.63) is 77.9 Å². The molecule has 0 saturated heterocycles. The first-order valence-corrected chi connectivity index (χ1v) is 12.0. The van der Waals surface area contributed by atoms with Gasteiger partial charge in [0, 0.05) is 17.5 Å². The van der Waals surface area contributed by atoms with E-state index in [1.807, 2.05) is 6.07 Å². The summed E-state index contributed by atoms with van der Waals surface area (Å²) < 4.78 is 50.2. The molecule has 0 spiro atoms. The summed E-state index contributed by atoms with van der Waals surface area (Å²) >= 11 is 0. The standard InChI is InChI=1S/C25H26N2O6S/c1-30-18-11-13-23(31-2)20(15-18)22-16-21(17-10-12-24(32-3)25(14-17)33-4)26-27(22)34(28,29)19-8-6-5-7-9-19/h5-15,22H,16H2,1-4H3/t22-/m0/s1. The van der Waals surface area contributed by atoms with E-state index >= 15 is 0 Å². The molecule has 3 aromatic carbocycles. The first-order chi connectivity index (χ1) is 16.4. The van der Waals surface area contributed by atoms with Crippen molar-refractivity contribution in [3.8, 4) is 23.0 Å². The molecule has 4 rings (SSSR count). The van der Waals surface area contributed by atoms with Gasteiger partial charge in [-0.3, -0.25) is 0 Å².